The second-order valence-corrected chi connectivity index (χ2v) is 7.16. The number of nitrogens with one attached hydrogen (secondary N) is 1. The Hall–Kier alpha value is -0.530. The van der Waals surface area contributed by atoms with E-state index in [4.69, 9.17) is 11.6 Å². The van der Waals surface area contributed by atoms with Crippen molar-refractivity contribution in [2.24, 2.45) is 11.8 Å². The Morgan fingerprint density at radius 1 is 1.05 bits per heavy atom. The quantitative estimate of drug-likeness (QED) is 0.854. The highest BCUT2D eigenvalue weighted by Gasteiger charge is 2.24. The minimum absolute atomic E-state index is 0.632. The third-order valence-electron chi connectivity index (χ3n) is 5.34. The zero-order valence-electron chi connectivity index (χ0n) is 12.5. The van der Waals surface area contributed by atoms with Crippen molar-refractivity contribution in [3.8, 4) is 0 Å². The highest BCUT2D eigenvalue weighted by molar-refractivity contribution is 6.30. The van der Waals surface area contributed by atoms with Crippen LogP contribution in [-0.2, 0) is 12.8 Å². The van der Waals surface area contributed by atoms with E-state index >= 15 is 0 Å². The average Bonchev–Trinajstić information content (AvgIpc) is 2.87. The van der Waals surface area contributed by atoms with E-state index in [-0.39, 0.29) is 0 Å². The summed E-state index contributed by atoms with van der Waals surface area (Å²) in [6, 6.07) is 7.00. The Kier molecular flexibility index (Phi) is 4.68. The maximum Gasteiger partial charge on any atom is 0.0408 e. The van der Waals surface area contributed by atoms with Crippen LogP contribution in [0.25, 0.3) is 0 Å². The number of benzene rings is 1. The van der Waals surface area contributed by atoms with Crippen molar-refractivity contribution in [2.75, 3.05) is 6.54 Å². The van der Waals surface area contributed by atoms with Crippen LogP contribution in [0, 0.1) is 11.8 Å². The molecule has 3 rings (SSSR count). The van der Waals surface area contributed by atoms with Gasteiger partial charge in [0.05, 0.1) is 0 Å². The van der Waals surface area contributed by atoms with Crippen LogP contribution in [-0.4, -0.2) is 12.6 Å². The van der Waals surface area contributed by atoms with E-state index in [1.807, 2.05) is 6.07 Å². The van der Waals surface area contributed by atoms with Gasteiger partial charge in [-0.25, -0.2) is 0 Å². The summed E-state index contributed by atoms with van der Waals surface area (Å²) in [4.78, 5) is 0. The van der Waals surface area contributed by atoms with Gasteiger partial charge in [-0.15, -0.1) is 0 Å². The molecule has 110 valence electrons. The van der Waals surface area contributed by atoms with Crippen molar-refractivity contribution in [3.63, 3.8) is 0 Å². The molecule has 1 nitrogen and oxygen atoms in total. The van der Waals surface area contributed by atoms with E-state index in [2.05, 4.69) is 24.4 Å². The molecule has 1 aromatic carbocycles. The lowest BCUT2D eigenvalue weighted by molar-refractivity contribution is 0.257. The summed E-state index contributed by atoms with van der Waals surface area (Å²) in [5.41, 5.74) is 2.94. The zero-order chi connectivity index (χ0) is 13.9. The molecule has 1 atom stereocenters. The van der Waals surface area contributed by atoms with Gasteiger partial charge in [0.2, 0.25) is 0 Å². The molecule has 1 unspecified atom stereocenters. The lowest BCUT2D eigenvalue weighted by Crippen LogP contribution is -2.35. The van der Waals surface area contributed by atoms with Crippen molar-refractivity contribution in [2.45, 2.75) is 57.9 Å². The van der Waals surface area contributed by atoms with Crippen molar-refractivity contribution in [1.29, 1.82) is 0 Å². The predicted molar refractivity (Wildman–Crippen MR) is 86.4 cm³/mol. The maximum atomic E-state index is 6.08. The van der Waals surface area contributed by atoms with E-state index in [1.54, 1.807) is 0 Å². The molecular weight excluding hydrogens is 266 g/mol. The van der Waals surface area contributed by atoms with Crippen LogP contribution in [0.3, 0.4) is 0 Å². The standard InChI is InChI=1S/C18H26ClN/c1-2-13-3-5-14(6-4-13)12-20-18-10-15-7-8-17(19)9-16(15)11-18/h7-9,13-14,18,20H,2-6,10-12H2,1H3. The first-order valence-corrected chi connectivity index (χ1v) is 8.63. The Bertz CT molecular complexity index is 449. The fourth-order valence-electron chi connectivity index (χ4n) is 3.91. The van der Waals surface area contributed by atoms with Crippen molar-refractivity contribution in [1.82, 2.24) is 5.32 Å². The molecule has 1 aromatic rings. The van der Waals surface area contributed by atoms with Crippen LogP contribution >= 0.6 is 11.6 Å². The van der Waals surface area contributed by atoms with E-state index < -0.39 is 0 Å². The summed E-state index contributed by atoms with van der Waals surface area (Å²) in [5.74, 6) is 1.91. The van der Waals surface area contributed by atoms with Crippen LogP contribution in [0.4, 0.5) is 0 Å². The van der Waals surface area contributed by atoms with Gasteiger partial charge in [-0.2, -0.15) is 0 Å². The first-order valence-electron chi connectivity index (χ1n) is 8.25. The molecule has 0 heterocycles. The largest absolute Gasteiger partial charge is 0.313 e. The van der Waals surface area contributed by atoms with Crippen molar-refractivity contribution in [3.05, 3.63) is 34.3 Å². The smallest absolute Gasteiger partial charge is 0.0408 e. The van der Waals surface area contributed by atoms with Gasteiger partial charge in [-0.05, 0) is 67.3 Å². The van der Waals surface area contributed by atoms with E-state index in [9.17, 15) is 0 Å². The van der Waals surface area contributed by atoms with Crippen LogP contribution < -0.4 is 5.32 Å². The first kappa shape index (κ1) is 14.4. The molecule has 0 aromatic heterocycles. The Morgan fingerprint density at radius 2 is 1.75 bits per heavy atom. The molecule has 1 fully saturated rings. The van der Waals surface area contributed by atoms with E-state index in [0.29, 0.717) is 6.04 Å². The number of fused-ring (bicyclic) bond motifs is 1. The van der Waals surface area contributed by atoms with Gasteiger partial charge >= 0.3 is 0 Å². The van der Waals surface area contributed by atoms with Crippen LogP contribution in [0.5, 0.6) is 0 Å². The molecule has 2 aliphatic rings. The molecule has 2 aliphatic carbocycles. The molecule has 0 saturated heterocycles. The molecule has 0 amide bonds. The minimum atomic E-state index is 0.632. The fourth-order valence-corrected chi connectivity index (χ4v) is 4.10. The van der Waals surface area contributed by atoms with Gasteiger partial charge < -0.3 is 5.32 Å². The van der Waals surface area contributed by atoms with Crippen LogP contribution in [0.2, 0.25) is 5.02 Å². The average molecular weight is 292 g/mol. The summed E-state index contributed by atoms with van der Waals surface area (Å²) in [6.45, 7) is 3.55. The SMILES string of the molecule is CCC1CCC(CNC2Cc3ccc(Cl)cc3C2)CC1. The van der Waals surface area contributed by atoms with Crippen LogP contribution in [0.15, 0.2) is 18.2 Å². The summed E-state index contributed by atoms with van der Waals surface area (Å²) >= 11 is 6.08. The summed E-state index contributed by atoms with van der Waals surface area (Å²) in [7, 11) is 0. The second-order valence-electron chi connectivity index (χ2n) is 6.72. The molecule has 20 heavy (non-hydrogen) atoms. The van der Waals surface area contributed by atoms with Gasteiger partial charge in [0.15, 0.2) is 0 Å². The third kappa shape index (κ3) is 3.38. The zero-order valence-corrected chi connectivity index (χ0v) is 13.3. The van der Waals surface area contributed by atoms with E-state index in [0.717, 1.165) is 23.3 Å². The van der Waals surface area contributed by atoms with Gasteiger partial charge in [0.25, 0.3) is 0 Å². The number of halogens is 1. The molecule has 0 aliphatic heterocycles. The predicted octanol–water partition coefficient (Wildman–Crippen LogP) is 4.61. The monoisotopic (exact) mass is 291 g/mol. The van der Waals surface area contributed by atoms with Gasteiger partial charge in [-0.1, -0.05) is 43.9 Å². The number of hydrogen-bond donors (Lipinski definition) is 1. The normalized spacial score (nSPS) is 29.4. The second kappa shape index (κ2) is 6.49. The van der Waals surface area contributed by atoms with Crippen LogP contribution in [0.1, 0.15) is 50.2 Å². The Labute approximate surface area is 128 Å². The molecule has 2 heteroatoms. The summed E-state index contributed by atoms with van der Waals surface area (Å²) < 4.78 is 0. The molecule has 1 N–H and O–H groups in total. The lowest BCUT2D eigenvalue weighted by atomic mass is 9.81. The Balaban J connectivity index is 1.45. The lowest BCUT2D eigenvalue weighted by Gasteiger charge is -2.28. The minimum Gasteiger partial charge on any atom is -0.313 e. The van der Waals surface area contributed by atoms with Gasteiger partial charge in [-0.3, -0.25) is 0 Å². The third-order valence-corrected chi connectivity index (χ3v) is 5.57. The van der Waals surface area contributed by atoms with Crippen molar-refractivity contribution >= 4 is 11.6 Å². The molecular formula is C18H26ClN. The molecule has 1 saturated carbocycles. The molecule has 0 bridgehead atoms. The highest BCUT2D eigenvalue weighted by Crippen LogP contribution is 2.31. The number of hydrogen-bond acceptors (Lipinski definition) is 1. The first-order chi connectivity index (χ1) is 9.74. The fraction of sp³-hybridized carbons (Fsp3) is 0.667. The Morgan fingerprint density at radius 3 is 2.50 bits per heavy atom. The highest BCUT2D eigenvalue weighted by atomic mass is 35.5. The van der Waals surface area contributed by atoms with Gasteiger partial charge in [0, 0.05) is 11.1 Å². The topological polar surface area (TPSA) is 12.0 Å². The number of rotatable bonds is 4. The van der Waals surface area contributed by atoms with Crippen molar-refractivity contribution < 1.29 is 0 Å². The van der Waals surface area contributed by atoms with Gasteiger partial charge in [0.1, 0.15) is 0 Å². The summed E-state index contributed by atoms with van der Waals surface area (Å²) in [6.07, 6.45) is 9.45. The maximum absolute atomic E-state index is 6.08. The summed E-state index contributed by atoms with van der Waals surface area (Å²) in [5, 5.41) is 4.68. The molecule has 0 spiro atoms. The molecule has 0 radical (unpaired) electrons. The van der Waals surface area contributed by atoms with E-state index in [1.165, 1.54) is 56.2 Å².